The summed E-state index contributed by atoms with van der Waals surface area (Å²) in [6.45, 7) is 4.97. The summed E-state index contributed by atoms with van der Waals surface area (Å²) in [6, 6.07) is 0. The SMILES string of the molecule is [B]C(=O)CCCCCCC(=O)N1CCN(P(=O)(N(CCOC(=O)N(CCCCCCN=C(N)N)CCCCCCN=C(N)N)CCOC(=O)N(CCCCCCN=C(N)N)CCCCCCN=C(N)N)N(CCOC(=O)N(CCCCCCN=C(N)N)CCCCCCN=C(N)N)CCOC(=O)N(CCCCCCN=C(N)N)CCCCCCN=C(N)N)CC1. The van der Waals surface area contributed by atoms with Crippen LogP contribution >= 0.6 is 7.59 Å². The fraction of sp³-hybridized carbons (Fsp3) is 0.825. The Morgan fingerprint density at radius 2 is 0.440 bits per heavy atom. The summed E-state index contributed by atoms with van der Waals surface area (Å²) in [5.41, 5.74) is 89.3. The molecule has 2 radical (unpaired) electrons. The van der Waals surface area contributed by atoms with E-state index in [1.54, 1.807) is 38.5 Å². The lowest BCUT2D eigenvalue weighted by atomic mass is 9.96. The molecule has 43 nitrogen and oxygen atoms in total. The van der Waals surface area contributed by atoms with Gasteiger partial charge in [-0.05, 0) is 122 Å². The summed E-state index contributed by atoms with van der Waals surface area (Å²) in [7, 11) is 0.980. The van der Waals surface area contributed by atoms with Crippen molar-refractivity contribution in [3.8, 4) is 0 Å². The molecule has 1 rings (SSSR count). The van der Waals surface area contributed by atoms with Gasteiger partial charge in [-0.3, -0.25) is 49.3 Å². The molecule has 718 valence electrons. The van der Waals surface area contributed by atoms with Crippen LogP contribution in [0.25, 0.3) is 0 Å². The molecule has 0 bridgehead atoms. The van der Waals surface area contributed by atoms with Crippen molar-refractivity contribution in [2.75, 3.05) is 184 Å². The molecular weight excluding hydrogens is 1630 g/mol. The van der Waals surface area contributed by atoms with E-state index in [9.17, 15) is 28.8 Å². The number of guanidine groups is 8. The molecule has 32 N–H and O–H groups in total. The Morgan fingerprint density at radius 3 is 0.632 bits per heavy atom. The van der Waals surface area contributed by atoms with Crippen molar-refractivity contribution in [3.05, 3.63) is 0 Å². The van der Waals surface area contributed by atoms with Gasteiger partial charge in [0, 0.05) is 163 Å². The number of hydrogen-bond acceptors (Lipinski definition) is 19. The zero-order chi connectivity index (χ0) is 92.4. The van der Waals surface area contributed by atoms with Crippen LogP contribution in [0, 0.1) is 0 Å². The number of aliphatic imine (C=N–C) groups is 8. The number of carbonyl (C=O) groups is 6. The molecule has 1 aliphatic heterocycles. The first-order valence-electron chi connectivity index (χ1n) is 45.6. The Balaban J connectivity index is 4.46. The molecule has 0 saturated carbocycles. The van der Waals surface area contributed by atoms with Crippen molar-refractivity contribution in [1.82, 2.24) is 38.5 Å². The van der Waals surface area contributed by atoms with Crippen LogP contribution in [0.2, 0.25) is 0 Å². The molecule has 0 aromatic heterocycles. The molecule has 0 aromatic rings. The van der Waals surface area contributed by atoms with E-state index in [1.807, 2.05) is 0 Å². The van der Waals surface area contributed by atoms with Crippen LogP contribution in [0.5, 0.6) is 0 Å². The van der Waals surface area contributed by atoms with E-state index in [2.05, 4.69) is 39.9 Å². The van der Waals surface area contributed by atoms with Gasteiger partial charge in [0.25, 0.3) is 7.59 Å². The zero-order valence-electron chi connectivity index (χ0n) is 75.6. The lowest BCUT2D eigenvalue weighted by Gasteiger charge is -2.47. The van der Waals surface area contributed by atoms with Crippen molar-refractivity contribution < 1.29 is 52.3 Å². The lowest BCUT2D eigenvalue weighted by Crippen LogP contribution is -2.53. The van der Waals surface area contributed by atoms with Crippen LogP contribution < -0.4 is 91.7 Å². The van der Waals surface area contributed by atoms with Gasteiger partial charge in [-0.2, -0.15) is 0 Å². The highest BCUT2D eigenvalue weighted by molar-refractivity contribution is 7.56. The van der Waals surface area contributed by atoms with Gasteiger partial charge in [-0.15, -0.1) is 0 Å². The normalized spacial score (nSPS) is 12.0. The molecule has 0 unspecified atom stereocenters. The van der Waals surface area contributed by atoms with Gasteiger partial charge in [0.1, 0.15) is 26.4 Å². The molecule has 1 fully saturated rings. The van der Waals surface area contributed by atoms with E-state index in [0.29, 0.717) is 182 Å². The van der Waals surface area contributed by atoms with Gasteiger partial charge >= 0.3 is 24.4 Å². The van der Waals surface area contributed by atoms with Gasteiger partial charge in [-0.25, -0.2) is 33.2 Å². The molecular formula is C80H164BN32O11P. The highest BCUT2D eigenvalue weighted by Gasteiger charge is 2.45. The van der Waals surface area contributed by atoms with Crippen molar-refractivity contribution >= 4 is 99.1 Å². The summed E-state index contributed by atoms with van der Waals surface area (Å²) < 4.78 is 48.4. The van der Waals surface area contributed by atoms with Crippen molar-refractivity contribution in [3.63, 3.8) is 0 Å². The monoisotopic (exact) mass is 1790 g/mol. The molecule has 0 spiro atoms. The van der Waals surface area contributed by atoms with E-state index in [-0.39, 0.29) is 151 Å². The standard InChI is InChI=1S/C80H164BN32O11P/c81-67(114)37-19-1-2-20-38-68(115)106-55-57-111(58-56-106)125(120,112(59-63-121-77(116)107(47-29-11-3-21-39-98-69(82)83)48-30-12-4-22-40-99-70(84)85)60-64-122-78(117)108(49-31-13-5-23-41-100-71(86)87)50-32-14-6-24-42-101-72(88)89)113(61-65-123-79(118)109(51-33-15-7-25-43-102-73(90)91)52-34-16-8-26-44-103-74(92)93)62-66-124-80(119)110(53-35-17-9-27-45-104-75(94)95)54-36-18-10-28-46-105-76(96)97/h1-66H2,(H4,82,83,98)(H4,84,85,99)(H4,86,87,100)(H4,88,89,101)(H4,90,91,102)(H4,92,93,103)(H4,94,95,104)(H4,96,97,105). The minimum absolute atomic E-state index is 0.0119. The van der Waals surface area contributed by atoms with Crippen LogP contribution in [-0.2, 0) is 33.1 Å². The third-order valence-electron chi connectivity index (χ3n) is 20.7. The molecule has 1 saturated heterocycles. The smallest absolute Gasteiger partial charge is 0.409 e. The predicted molar refractivity (Wildman–Crippen MR) is 502 cm³/mol. The average molecular weight is 1790 g/mol. The Kier molecular flexibility index (Phi) is 67.9. The molecule has 0 atom stereocenters. The highest BCUT2D eigenvalue weighted by Crippen LogP contribution is 2.56. The Labute approximate surface area is 745 Å². The zero-order valence-corrected chi connectivity index (χ0v) is 76.5. The maximum Gasteiger partial charge on any atom is 0.409 e. The number of ether oxygens (including phenoxy) is 4. The summed E-state index contributed by atoms with van der Waals surface area (Å²) in [4.78, 5) is 126. The molecule has 0 aliphatic carbocycles. The summed E-state index contributed by atoms with van der Waals surface area (Å²) in [5.74, 6) is -0.0103. The molecule has 5 amide bonds. The van der Waals surface area contributed by atoms with Crippen molar-refractivity contribution in [2.24, 2.45) is 132 Å². The quantitative estimate of drug-likeness (QED) is 0.0104. The van der Waals surface area contributed by atoms with E-state index in [4.69, 9.17) is 119 Å². The number of amides is 5. The van der Waals surface area contributed by atoms with Crippen LogP contribution in [0.3, 0.4) is 0 Å². The van der Waals surface area contributed by atoms with Crippen LogP contribution in [-0.4, -0.2) is 313 Å². The van der Waals surface area contributed by atoms with E-state index < -0.39 is 32.0 Å². The van der Waals surface area contributed by atoms with Crippen molar-refractivity contribution in [2.45, 2.75) is 244 Å². The Bertz CT molecular complexity index is 2720. The fourth-order valence-electron chi connectivity index (χ4n) is 13.9. The van der Waals surface area contributed by atoms with E-state index in [0.717, 1.165) is 154 Å². The summed E-state index contributed by atoms with van der Waals surface area (Å²) >= 11 is 0. The second kappa shape index (κ2) is 74.8. The van der Waals surface area contributed by atoms with Crippen molar-refractivity contribution in [1.29, 1.82) is 0 Å². The predicted octanol–water partition coefficient (Wildman–Crippen LogP) is 3.30. The van der Waals surface area contributed by atoms with Crippen LogP contribution in [0.1, 0.15) is 244 Å². The van der Waals surface area contributed by atoms with Gasteiger partial charge in [-0.1, -0.05) is 116 Å². The largest absolute Gasteiger partial charge is 0.448 e. The van der Waals surface area contributed by atoms with E-state index in [1.165, 1.54) is 0 Å². The van der Waals surface area contributed by atoms with Gasteiger partial charge in [0.15, 0.2) is 55.5 Å². The number of nitrogens with zero attached hydrogens (tertiary/aromatic N) is 16. The Hall–Kier alpha value is -9.45. The summed E-state index contributed by atoms with van der Waals surface area (Å²) in [5, 5.41) is 0. The molecule has 125 heavy (non-hydrogen) atoms. The first-order valence-corrected chi connectivity index (χ1v) is 47.2. The first-order chi connectivity index (χ1) is 60.1. The minimum Gasteiger partial charge on any atom is -0.448 e. The lowest BCUT2D eigenvalue weighted by molar-refractivity contribution is -0.132. The fourth-order valence-corrected chi connectivity index (χ4v) is 17.0. The summed E-state index contributed by atoms with van der Waals surface area (Å²) in [6.07, 6.45) is 24.2. The molecule has 1 heterocycles. The van der Waals surface area contributed by atoms with E-state index >= 15 is 4.57 Å². The second-order valence-corrected chi connectivity index (χ2v) is 34.0. The van der Waals surface area contributed by atoms with Crippen LogP contribution in [0.4, 0.5) is 19.2 Å². The third kappa shape index (κ3) is 63.2. The minimum atomic E-state index is -4.44. The number of unbranched alkanes of at least 4 members (excludes halogenated alkanes) is 27. The molecule has 1 aliphatic rings. The number of hydrogen-bond donors (Lipinski definition) is 16. The second-order valence-electron chi connectivity index (χ2n) is 31.3. The maximum absolute atomic E-state index is 18.0. The topological polar surface area (TPSA) is 698 Å². The van der Waals surface area contributed by atoms with Crippen LogP contribution in [0.15, 0.2) is 39.9 Å². The number of piperazine rings is 1. The average Bonchev–Trinajstić information content (AvgIpc) is 0.771. The highest BCUT2D eigenvalue weighted by atomic mass is 31.2. The van der Waals surface area contributed by atoms with Gasteiger partial charge in [0.05, 0.1) is 5.68 Å². The maximum atomic E-state index is 18.0. The third-order valence-corrected chi connectivity index (χ3v) is 24.1. The number of carbonyl (C=O) groups excluding carboxylic acids is 6. The molecule has 45 heteroatoms. The Morgan fingerprint density at radius 1 is 0.256 bits per heavy atom. The van der Waals surface area contributed by atoms with Gasteiger partial charge in [0.2, 0.25) is 5.91 Å². The molecule has 0 aromatic carbocycles. The number of rotatable bonds is 78. The first kappa shape index (κ1) is 114. The number of nitrogens with two attached hydrogens (primary N) is 16. The van der Waals surface area contributed by atoms with Gasteiger partial charge < -0.3 is 140 Å².